The lowest BCUT2D eigenvalue weighted by Gasteiger charge is -2.40. The quantitative estimate of drug-likeness (QED) is 0.813. The van der Waals surface area contributed by atoms with E-state index < -0.39 is 0 Å². The number of aromatic nitrogens is 2. The first-order valence-electron chi connectivity index (χ1n) is 10.9. The summed E-state index contributed by atoms with van der Waals surface area (Å²) < 4.78 is 7.73. The standard InChI is InChI=1S/C21H34N4O2/c1-2-23-14-9-22-20(23)17-3-12-25(13-4-17)21(26)18-5-10-24(11-6-18)19-7-15-27-16-8-19/h9,14,17-19H,2-8,10-13,15-16H2,1H3. The fourth-order valence-electron chi connectivity index (χ4n) is 5.13. The maximum Gasteiger partial charge on any atom is 0.225 e. The number of likely N-dealkylation sites (tertiary alicyclic amines) is 2. The molecular formula is C21H34N4O2. The van der Waals surface area contributed by atoms with Crippen molar-refractivity contribution in [1.82, 2.24) is 19.4 Å². The van der Waals surface area contributed by atoms with E-state index in [4.69, 9.17) is 4.74 Å². The summed E-state index contributed by atoms with van der Waals surface area (Å²) in [4.78, 5) is 22.3. The lowest BCUT2D eigenvalue weighted by molar-refractivity contribution is -0.138. The van der Waals surface area contributed by atoms with Gasteiger partial charge in [-0.15, -0.1) is 0 Å². The minimum absolute atomic E-state index is 0.232. The molecule has 150 valence electrons. The van der Waals surface area contributed by atoms with Crippen molar-refractivity contribution in [2.75, 3.05) is 39.4 Å². The Kier molecular flexibility index (Phi) is 6.13. The summed E-state index contributed by atoms with van der Waals surface area (Å²) in [7, 11) is 0. The van der Waals surface area contributed by atoms with Crippen molar-refractivity contribution < 1.29 is 9.53 Å². The third-order valence-corrected chi connectivity index (χ3v) is 6.85. The summed E-state index contributed by atoms with van der Waals surface area (Å²) in [5.41, 5.74) is 0. The van der Waals surface area contributed by atoms with Gasteiger partial charge in [-0.2, -0.15) is 0 Å². The molecule has 0 atom stereocenters. The minimum atomic E-state index is 0.232. The van der Waals surface area contributed by atoms with Gasteiger partial charge in [0.15, 0.2) is 0 Å². The Labute approximate surface area is 162 Å². The van der Waals surface area contributed by atoms with E-state index in [-0.39, 0.29) is 5.92 Å². The number of aryl methyl sites for hydroxylation is 1. The van der Waals surface area contributed by atoms with E-state index in [1.165, 1.54) is 5.82 Å². The van der Waals surface area contributed by atoms with Gasteiger partial charge in [0.2, 0.25) is 5.91 Å². The molecule has 0 aliphatic carbocycles. The van der Waals surface area contributed by atoms with E-state index in [1.807, 2.05) is 6.20 Å². The number of hydrogen-bond donors (Lipinski definition) is 0. The predicted octanol–water partition coefficient (Wildman–Crippen LogP) is 2.50. The zero-order chi connectivity index (χ0) is 18.6. The lowest BCUT2D eigenvalue weighted by atomic mass is 9.90. The molecule has 0 radical (unpaired) electrons. The van der Waals surface area contributed by atoms with Crippen LogP contribution in [0.15, 0.2) is 12.4 Å². The molecule has 1 aromatic rings. The Balaban J connectivity index is 1.25. The molecule has 4 heterocycles. The minimum Gasteiger partial charge on any atom is -0.381 e. The van der Waals surface area contributed by atoms with Crippen molar-refractivity contribution in [2.24, 2.45) is 5.92 Å². The highest BCUT2D eigenvalue weighted by Crippen LogP contribution is 2.30. The van der Waals surface area contributed by atoms with Gasteiger partial charge < -0.3 is 19.1 Å². The molecule has 3 saturated heterocycles. The van der Waals surface area contributed by atoms with Gasteiger partial charge in [0.25, 0.3) is 0 Å². The summed E-state index contributed by atoms with van der Waals surface area (Å²) in [5, 5.41) is 0. The fraction of sp³-hybridized carbons (Fsp3) is 0.810. The Morgan fingerprint density at radius 1 is 1.07 bits per heavy atom. The van der Waals surface area contributed by atoms with Gasteiger partial charge >= 0.3 is 0 Å². The van der Waals surface area contributed by atoms with Crippen molar-refractivity contribution in [3.05, 3.63) is 18.2 Å². The first kappa shape index (κ1) is 18.9. The number of imidazole rings is 1. The van der Waals surface area contributed by atoms with Crippen LogP contribution in [0.2, 0.25) is 0 Å². The van der Waals surface area contributed by atoms with E-state index in [2.05, 4.69) is 32.5 Å². The third kappa shape index (κ3) is 4.21. The Hall–Kier alpha value is -1.40. The smallest absolute Gasteiger partial charge is 0.225 e. The summed E-state index contributed by atoms with van der Waals surface area (Å²) in [6.45, 7) is 8.86. The molecule has 6 heteroatoms. The van der Waals surface area contributed by atoms with Crippen molar-refractivity contribution in [2.45, 2.75) is 64.0 Å². The van der Waals surface area contributed by atoms with Crippen LogP contribution in [0.3, 0.4) is 0 Å². The number of nitrogens with zero attached hydrogens (tertiary/aromatic N) is 4. The average Bonchev–Trinajstić information content (AvgIpc) is 3.23. The number of carbonyl (C=O) groups excluding carboxylic acids is 1. The summed E-state index contributed by atoms with van der Waals surface area (Å²) in [6.07, 6.45) is 10.4. The largest absolute Gasteiger partial charge is 0.381 e. The molecule has 3 aliphatic heterocycles. The van der Waals surface area contributed by atoms with E-state index in [0.29, 0.717) is 17.9 Å². The van der Waals surface area contributed by atoms with E-state index in [0.717, 1.165) is 84.5 Å². The lowest BCUT2D eigenvalue weighted by Crippen LogP contribution is -2.48. The number of hydrogen-bond acceptors (Lipinski definition) is 4. The molecule has 1 aromatic heterocycles. The van der Waals surface area contributed by atoms with Gasteiger partial charge in [0, 0.05) is 63.1 Å². The average molecular weight is 375 g/mol. The van der Waals surface area contributed by atoms with Gasteiger partial charge in [0.05, 0.1) is 0 Å². The topological polar surface area (TPSA) is 50.6 Å². The van der Waals surface area contributed by atoms with Crippen LogP contribution in [0.25, 0.3) is 0 Å². The highest BCUT2D eigenvalue weighted by atomic mass is 16.5. The molecule has 0 N–H and O–H groups in total. The highest BCUT2D eigenvalue weighted by Gasteiger charge is 2.33. The van der Waals surface area contributed by atoms with Crippen molar-refractivity contribution in [3.63, 3.8) is 0 Å². The molecular weight excluding hydrogens is 340 g/mol. The van der Waals surface area contributed by atoms with Gasteiger partial charge in [-0.05, 0) is 58.5 Å². The molecule has 1 amide bonds. The summed E-state index contributed by atoms with van der Waals surface area (Å²) in [6, 6.07) is 0.674. The second kappa shape index (κ2) is 8.74. The van der Waals surface area contributed by atoms with Gasteiger partial charge in [0.1, 0.15) is 5.82 Å². The van der Waals surface area contributed by atoms with Crippen LogP contribution in [-0.4, -0.2) is 70.7 Å². The number of amides is 1. The van der Waals surface area contributed by atoms with Crippen LogP contribution in [0.5, 0.6) is 0 Å². The SMILES string of the molecule is CCn1ccnc1C1CCN(C(=O)C2CCN(C3CCOCC3)CC2)CC1. The molecule has 4 rings (SSSR count). The van der Waals surface area contributed by atoms with Gasteiger partial charge in [-0.25, -0.2) is 4.98 Å². The molecule has 27 heavy (non-hydrogen) atoms. The zero-order valence-electron chi connectivity index (χ0n) is 16.7. The first-order chi connectivity index (χ1) is 13.3. The second-order valence-corrected chi connectivity index (χ2v) is 8.32. The van der Waals surface area contributed by atoms with Crippen LogP contribution < -0.4 is 0 Å². The summed E-state index contributed by atoms with van der Waals surface area (Å²) in [5.74, 6) is 2.34. The molecule has 0 aromatic carbocycles. The van der Waals surface area contributed by atoms with Gasteiger partial charge in [-0.3, -0.25) is 4.79 Å². The van der Waals surface area contributed by atoms with E-state index in [1.54, 1.807) is 0 Å². The normalized spacial score (nSPS) is 24.4. The zero-order valence-corrected chi connectivity index (χ0v) is 16.7. The van der Waals surface area contributed by atoms with Crippen LogP contribution in [0.4, 0.5) is 0 Å². The molecule has 3 fully saturated rings. The van der Waals surface area contributed by atoms with Gasteiger partial charge in [-0.1, -0.05) is 0 Å². The van der Waals surface area contributed by atoms with Crippen LogP contribution in [0.1, 0.15) is 57.2 Å². The third-order valence-electron chi connectivity index (χ3n) is 6.85. The highest BCUT2D eigenvalue weighted by molar-refractivity contribution is 5.79. The number of ether oxygens (including phenoxy) is 1. The van der Waals surface area contributed by atoms with Crippen molar-refractivity contribution in [1.29, 1.82) is 0 Å². The maximum atomic E-state index is 13.0. The van der Waals surface area contributed by atoms with Crippen LogP contribution in [-0.2, 0) is 16.1 Å². The number of rotatable bonds is 4. The molecule has 3 aliphatic rings. The van der Waals surface area contributed by atoms with E-state index >= 15 is 0 Å². The molecule has 0 bridgehead atoms. The predicted molar refractivity (Wildman–Crippen MR) is 105 cm³/mol. The number of carbonyl (C=O) groups is 1. The Morgan fingerprint density at radius 2 is 1.78 bits per heavy atom. The van der Waals surface area contributed by atoms with Crippen molar-refractivity contribution >= 4 is 5.91 Å². The maximum absolute atomic E-state index is 13.0. The molecule has 0 saturated carbocycles. The second-order valence-electron chi connectivity index (χ2n) is 8.32. The number of piperidine rings is 2. The van der Waals surface area contributed by atoms with E-state index in [9.17, 15) is 4.79 Å². The monoisotopic (exact) mass is 374 g/mol. The molecule has 0 spiro atoms. The molecule has 6 nitrogen and oxygen atoms in total. The Morgan fingerprint density at radius 3 is 2.44 bits per heavy atom. The van der Waals surface area contributed by atoms with Crippen LogP contribution in [0, 0.1) is 5.92 Å². The van der Waals surface area contributed by atoms with Crippen LogP contribution >= 0.6 is 0 Å². The fourth-order valence-corrected chi connectivity index (χ4v) is 5.13. The first-order valence-corrected chi connectivity index (χ1v) is 10.9. The Bertz CT molecular complexity index is 609. The van der Waals surface area contributed by atoms with Crippen molar-refractivity contribution in [3.8, 4) is 0 Å². The summed E-state index contributed by atoms with van der Waals surface area (Å²) >= 11 is 0. The molecule has 0 unspecified atom stereocenters.